The van der Waals surface area contributed by atoms with E-state index in [2.05, 4.69) is 4.74 Å². The third-order valence-corrected chi connectivity index (χ3v) is 5.76. The van der Waals surface area contributed by atoms with Gasteiger partial charge >= 0.3 is 12.3 Å². The molecule has 3 aromatic rings. The van der Waals surface area contributed by atoms with Gasteiger partial charge in [0.15, 0.2) is 0 Å². The minimum Gasteiger partial charge on any atom is -0.481 e. The topological polar surface area (TPSA) is 89.9 Å². The second-order valence-corrected chi connectivity index (χ2v) is 8.26. The van der Waals surface area contributed by atoms with Gasteiger partial charge in [-0.3, -0.25) is 4.79 Å². The molecule has 0 spiro atoms. The Morgan fingerprint density at radius 3 is 1.94 bits per heavy atom. The van der Waals surface area contributed by atoms with E-state index in [1.54, 1.807) is 0 Å². The number of ether oxygens (including phenoxy) is 2. The van der Waals surface area contributed by atoms with Gasteiger partial charge in [0.2, 0.25) is 9.84 Å². The predicted octanol–water partition coefficient (Wildman–Crippen LogP) is 4.84. The molecule has 0 aliphatic rings. The molecule has 162 valence electrons. The molecule has 3 rings (SSSR count). The molecule has 0 fully saturated rings. The molecule has 0 radical (unpaired) electrons. The summed E-state index contributed by atoms with van der Waals surface area (Å²) in [5.41, 5.74) is 0.353. The van der Waals surface area contributed by atoms with Gasteiger partial charge in [0.25, 0.3) is 0 Å². The van der Waals surface area contributed by atoms with Crippen LogP contribution in [0, 0.1) is 0 Å². The molecule has 3 aromatic carbocycles. The molecule has 0 atom stereocenters. The first-order valence-corrected chi connectivity index (χ1v) is 10.2. The van der Waals surface area contributed by atoms with Gasteiger partial charge in [-0.2, -0.15) is 0 Å². The number of hydrogen-bond acceptors (Lipinski definition) is 5. The van der Waals surface area contributed by atoms with Crippen LogP contribution in [0.5, 0.6) is 17.2 Å². The molecular weight excluding hydrogens is 437 g/mol. The third kappa shape index (κ3) is 5.98. The second-order valence-electron chi connectivity index (χ2n) is 6.31. The molecule has 0 aromatic heterocycles. The molecule has 0 saturated heterocycles. The highest BCUT2D eigenvalue weighted by Gasteiger charge is 2.31. The monoisotopic (exact) mass is 452 g/mol. The largest absolute Gasteiger partial charge is 0.573 e. The van der Waals surface area contributed by atoms with E-state index < -0.39 is 27.9 Å². The van der Waals surface area contributed by atoms with Crippen LogP contribution in [0.2, 0.25) is 0 Å². The minimum absolute atomic E-state index is 0.0266. The summed E-state index contributed by atoms with van der Waals surface area (Å²) in [5.74, 6) is -0.977. The number of halogens is 3. The number of alkyl halides is 3. The quantitative estimate of drug-likeness (QED) is 0.552. The van der Waals surface area contributed by atoms with E-state index in [-0.39, 0.29) is 27.7 Å². The van der Waals surface area contributed by atoms with Crippen LogP contribution in [0.1, 0.15) is 5.56 Å². The molecule has 0 amide bonds. The zero-order valence-electron chi connectivity index (χ0n) is 15.7. The Balaban J connectivity index is 1.74. The minimum atomic E-state index is -4.79. The summed E-state index contributed by atoms with van der Waals surface area (Å²) >= 11 is 0. The van der Waals surface area contributed by atoms with E-state index in [4.69, 9.17) is 9.84 Å². The smallest absolute Gasteiger partial charge is 0.481 e. The van der Waals surface area contributed by atoms with Crippen LogP contribution in [0.25, 0.3) is 0 Å². The number of benzene rings is 3. The van der Waals surface area contributed by atoms with Gasteiger partial charge in [-0.25, -0.2) is 8.42 Å². The summed E-state index contributed by atoms with van der Waals surface area (Å²) in [7, 11) is -3.88. The lowest BCUT2D eigenvalue weighted by atomic mass is 10.2. The lowest BCUT2D eigenvalue weighted by Crippen LogP contribution is -2.16. The Hall–Kier alpha value is -3.53. The lowest BCUT2D eigenvalue weighted by molar-refractivity contribution is -0.274. The number of hydrogen-bond donors (Lipinski definition) is 1. The maximum atomic E-state index is 12.8. The van der Waals surface area contributed by atoms with Crippen LogP contribution in [0.4, 0.5) is 13.2 Å². The molecule has 31 heavy (non-hydrogen) atoms. The normalized spacial score (nSPS) is 11.7. The number of carboxylic acid groups (broad SMARTS) is 1. The molecule has 10 heteroatoms. The van der Waals surface area contributed by atoms with Crippen LogP contribution >= 0.6 is 0 Å². The summed E-state index contributed by atoms with van der Waals surface area (Å²) in [6.07, 6.45) is -5.10. The average molecular weight is 452 g/mol. The molecule has 0 aliphatic heterocycles. The number of carbonyl (C=O) groups is 1. The molecule has 0 heterocycles. The Morgan fingerprint density at radius 2 is 1.39 bits per heavy atom. The van der Waals surface area contributed by atoms with Crippen molar-refractivity contribution < 1.29 is 41.0 Å². The summed E-state index contributed by atoms with van der Waals surface area (Å²) in [6.45, 7) is 0. The molecule has 0 saturated carbocycles. The predicted molar refractivity (Wildman–Crippen MR) is 103 cm³/mol. The highest BCUT2D eigenvalue weighted by molar-refractivity contribution is 7.91. The van der Waals surface area contributed by atoms with Crippen LogP contribution in [-0.4, -0.2) is 25.9 Å². The number of rotatable bonds is 7. The Labute approximate surface area is 175 Å². The van der Waals surface area contributed by atoms with Crippen molar-refractivity contribution in [2.75, 3.05) is 0 Å². The van der Waals surface area contributed by atoms with E-state index in [0.717, 1.165) is 12.1 Å². The van der Waals surface area contributed by atoms with E-state index in [9.17, 15) is 26.4 Å². The van der Waals surface area contributed by atoms with Crippen LogP contribution in [0.15, 0.2) is 82.6 Å². The van der Waals surface area contributed by atoms with Crippen molar-refractivity contribution in [3.63, 3.8) is 0 Å². The van der Waals surface area contributed by atoms with E-state index in [0.29, 0.717) is 5.56 Å². The fourth-order valence-electron chi connectivity index (χ4n) is 2.67. The first-order valence-electron chi connectivity index (χ1n) is 8.72. The Kier molecular flexibility index (Phi) is 6.21. The highest BCUT2D eigenvalue weighted by atomic mass is 32.2. The Morgan fingerprint density at radius 1 is 0.839 bits per heavy atom. The third-order valence-electron chi connectivity index (χ3n) is 3.99. The van der Waals surface area contributed by atoms with Crippen molar-refractivity contribution >= 4 is 15.8 Å². The van der Waals surface area contributed by atoms with Gasteiger partial charge in [-0.1, -0.05) is 12.1 Å². The summed E-state index contributed by atoms with van der Waals surface area (Å²) < 4.78 is 71.5. The van der Waals surface area contributed by atoms with Gasteiger partial charge < -0.3 is 14.6 Å². The van der Waals surface area contributed by atoms with Crippen LogP contribution in [-0.2, 0) is 21.1 Å². The SMILES string of the molecule is O=C(O)Cc1cccc(S(=O)(=O)c2ccc(Oc3ccc(OC(F)(F)F)cc3)cc2)c1. The molecule has 1 N–H and O–H groups in total. The van der Waals surface area contributed by atoms with Gasteiger partial charge in [0, 0.05) is 0 Å². The van der Waals surface area contributed by atoms with E-state index in [1.807, 2.05) is 0 Å². The first-order chi connectivity index (χ1) is 14.5. The lowest BCUT2D eigenvalue weighted by Gasteiger charge is -2.10. The zero-order valence-corrected chi connectivity index (χ0v) is 16.5. The maximum Gasteiger partial charge on any atom is 0.573 e. The van der Waals surface area contributed by atoms with Crippen molar-refractivity contribution in [3.8, 4) is 17.2 Å². The van der Waals surface area contributed by atoms with Gasteiger partial charge in [-0.05, 0) is 66.2 Å². The molecule has 6 nitrogen and oxygen atoms in total. The number of carboxylic acids is 1. The number of aliphatic carboxylic acids is 1. The summed E-state index contributed by atoms with van der Waals surface area (Å²) in [6, 6.07) is 15.8. The fourth-order valence-corrected chi connectivity index (χ4v) is 4.00. The van der Waals surface area contributed by atoms with E-state index in [1.165, 1.54) is 60.7 Å². The first kappa shape index (κ1) is 22.2. The molecule has 0 aliphatic carbocycles. The summed E-state index contributed by atoms with van der Waals surface area (Å²) in [4.78, 5) is 10.8. The van der Waals surface area contributed by atoms with Crippen molar-refractivity contribution in [1.82, 2.24) is 0 Å². The highest BCUT2D eigenvalue weighted by Crippen LogP contribution is 2.29. The maximum absolute atomic E-state index is 12.8. The van der Waals surface area contributed by atoms with Gasteiger partial charge in [0.05, 0.1) is 16.2 Å². The van der Waals surface area contributed by atoms with Gasteiger partial charge in [0.1, 0.15) is 17.2 Å². The number of sulfone groups is 1. The van der Waals surface area contributed by atoms with Crippen LogP contribution < -0.4 is 9.47 Å². The van der Waals surface area contributed by atoms with Crippen molar-refractivity contribution in [2.24, 2.45) is 0 Å². The average Bonchev–Trinajstić information content (AvgIpc) is 2.68. The van der Waals surface area contributed by atoms with Crippen molar-refractivity contribution in [3.05, 3.63) is 78.4 Å². The molecule has 0 bridgehead atoms. The van der Waals surface area contributed by atoms with Gasteiger partial charge in [-0.15, -0.1) is 13.2 Å². The Bertz CT molecular complexity index is 1170. The van der Waals surface area contributed by atoms with E-state index >= 15 is 0 Å². The molecule has 0 unspecified atom stereocenters. The standard InChI is InChI=1S/C21H15F3O6S/c22-21(23,24)30-17-6-4-15(5-7-17)29-16-8-10-18(11-9-16)31(27,28)19-3-1-2-14(12-19)13-20(25)26/h1-12H,13H2,(H,25,26). The summed E-state index contributed by atoms with van der Waals surface area (Å²) in [5, 5.41) is 8.87. The van der Waals surface area contributed by atoms with Crippen LogP contribution in [0.3, 0.4) is 0 Å². The second kappa shape index (κ2) is 8.68. The fraction of sp³-hybridized carbons (Fsp3) is 0.0952. The molecular formula is C21H15F3O6S. The van der Waals surface area contributed by atoms with Crippen molar-refractivity contribution in [1.29, 1.82) is 0 Å². The zero-order chi connectivity index (χ0) is 22.6. The van der Waals surface area contributed by atoms with Crippen molar-refractivity contribution in [2.45, 2.75) is 22.6 Å².